The highest BCUT2D eigenvalue weighted by Gasteiger charge is 2.45. The van der Waals surface area contributed by atoms with E-state index >= 15 is 0 Å². The number of halogens is 2. The molecule has 1 aliphatic carbocycles. The number of nitrogens with zero attached hydrogens (tertiary/aromatic N) is 1. The van der Waals surface area contributed by atoms with Crippen LogP contribution in [0.1, 0.15) is 51.0 Å². The molecular weight excluding hydrogens is 400 g/mol. The molecule has 0 aromatic heterocycles. The van der Waals surface area contributed by atoms with E-state index in [0.717, 1.165) is 75.1 Å². The number of carbonyl (C=O) groups is 1. The predicted octanol–water partition coefficient (Wildman–Crippen LogP) is 4.53. The van der Waals surface area contributed by atoms with Crippen LogP contribution in [0.3, 0.4) is 0 Å². The molecule has 2 aliphatic rings. The van der Waals surface area contributed by atoms with E-state index in [9.17, 15) is 4.79 Å². The third-order valence-corrected chi connectivity index (χ3v) is 6.32. The van der Waals surface area contributed by atoms with E-state index in [4.69, 9.17) is 0 Å². The van der Waals surface area contributed by atoms with Gasteiger partial charge in [-0.2, -0.15) is 0 Å². The van der Waals surface area contributed by atoms with Gasteiger partial charge in [0.1, 0.15) is 0 Å². The minimum atomic E-state index is -0.279. The Kier molecular flexibility index (Phi) is 7.78. The molecular formula is C20H30BrClN2O. The molecule has 0 atom stereocenters. The van der Waals surface area contributed by atoms with Gasteiger partial charge < -0.3 is 10.2 Å². The molecule has 1 amide bonds. The number of hydrogen-bond acceptors (Lipinski definition) is 2. The maximum atomic E-state index is 13.4. The van der Waals surface area contributed by atoms with E-state index in [1.807, 2.05) is 6.07 Å². The maximum absolute atomic E-state index is 13.4. The number of likely N-dealkylation sites (tertiary alicyclic amines) is 1. The Morgan fingerprint density at radius 2 is 1.96 bits per heavy atom. The largest absolute Gasteiger partial charge is 0.342 e. The van der Waals surface area contributed by atoms with Gasteiger partial charge in [0.15, 0.2) is 0 Å². The number of rotatable bonds is 5. The number of hydrogen-bond donors (Lipinski definition) is 1. The summed E-state index contributed by atoms with van der Waals surface area (Å²) in [6.07, 6.45) is 6.59. The monoisotopic (exact) mass is 428 g/mol. The highest BCUT2D eigenvalue weighted by Crippen LogP contribution is 2.43. The molecule has 3 rings (SSSR count). The molecule has 0 bridgehead atoms. The van der Waals surface area contributed by atoms with Gasteiger partial charge in [-0.1, -0.05) is 47.8 Å². The van der Waals surface area contributed by atoms with Crippen molar-refractivity contribution < 1.29 is 4.79 Å². The first-order valence-corrected chi connectivity index (χ1v) is 10.2. The first-order valence-electron chi connectivity index (χ1n) is 9.42. The second kappa shape index (κ2) is 9.38. The molecule has 2 fully saturated rings. The Morgan fingerprint density at radius 1 is 1.28 bits per heavy atom. The summed E-state index contributed by atoms with van der Waals surface area (Å²) in [5, 5.41) is 3.45. The fourth-order valence-electron chi connectivity index (χ4n) is 4.38. The van der Waals surface area contributed by atoms with E-state index in [2.05, 4.69) is 51.3 Å². The fourth-order valence-corrected chi connectivity index (χ4v) is 4.78. The Balaban J connectivity index is 0.00000225. The van der Waals surface area contributed by atoms with E-state index in [1.54, 1.807) is 0 Å². The standard InChI is InChI=1S/C20H29BrN2O.ClH/c1-2-22-15-16-8-12-23(13-9-16)19(24)20(10-3-4-11-20)17-6-5-7-18(21)14-17;/h5-7,14,16,22H,2-4,8-13,15H2,1H3;1H. The molecule has 0 spiro atoms. The number of amides is 1. The second-order valence-corrected chi connectivity index (χ2v) is 8.26. The van der Waals surface area contributed by atoms with Gasteiger partial charge in [0, 0.05) is 17.6 Å². The van der Waals surface area contributed by atoms with Crippen LogP contribution in [0.25, 0.3) is 0 Å². The van der Waals surface area contributed by atoms with Crippen LogP contribution < -0.4 is 5.32 Å². The van der Waals surface area contributed by atoms with Gasteiger partial charge in [0.2, 0.25) is 5.91 Å². The molecule has 1 aromatic carbocycles. The highest BCUT2D eigenvalue weighted by atomic mass is 79.9. The van der Waals surface area contributed by atoms with Crippen LogP contribution in [0, 0.1) is 5.92 Å². The van der Waals surface area contributed by atoms with Crippen LogP contribution in [0.5, 0.6) is 0 Å². The highest BCUT2D eigenvalue weighted by molar-refractivity contribution is 9.10. The van der Waals surface area contributed by atoms with Crippen molar-refractivity contribution in [1.29, 1.82) is 0 Å². The lowest BCUT2D eigenvalue weighted by atomic mass is 9.77. The first kappa shape index (κ1) is 20.7. The minimum absolute atomic E-state index is 0. The van der Waals surface area contributed by atoms with Crippen molar-refractivity contribution in [3.05, 3.63) is 34.3 Å². The summed E-state index contributed by atoms with van der Waals surface area (Å²) in [4.78, 5) is 15.6. The van der Waals surface area contributed by atoms with Crippen molar-refractivity contribution in [1.82, 2.24) is 10.2 Å². The summed E-state index contributed by atoms with van der Waals surface area (Å²) in [5.41, 5.74) is 0.923. The van der Waals surface area contributed by atoms with Gasteiger partial charge in [-0.15, -0.1) is 12.4 Å². The van der Waals surface area contributed by atoms with Gasteiger partial charge in [0.05, 0.1) is 5.41 Å². The fraction of sp³-hybridized carbons (Fsp3) is 0.650. The van der Waals surface area contributed by atoms with E-state index in [0.29, 0.717) is 5.91 Å². The van der Waals surface area contributed by atoms with Crippen molar-refractivity contribution in [3.8, 4) is 0 Å². The minimum Gasteiger partial charge on any atom is -0.342 e. The van der Waals surface area contributed by atoms with Crippen molar-refractivity contribution in [2.45, 2.75) is 50.9 Å². The summed E-state index contributed by atoms with van der Waals surface area (Å²) in [7, 11) is 0. The first-order chi connectivity index (χ1) is 11.7. The summed E-state index contributed by atoms with van der Waals surface area (Å²) in [6.45, 7) is 6.12. The van der Waals surface area contributed by atoms with Gasteiger partial charge in [-0.3, -0.25) is 4.79 Å². The Bertz CT molecular complexity index is 567. The quantitative estimate of drug-likeness (QED) is 0.745. The summed E-state index contributed by atoms with van der Waals surface area (Å²) in [6, 6.07) is 8.41. The Labute approximate surface area is 166 Å². The Morgan fingerprint density at radius 3 is 2.56 bits per heavy atom. The smallest absolute Gasteiger partial charge is 0.233 e. The average molecular weight is 430 g/mol. The van der Waals surface area contributed by atoms with Gasteiger partial charge in [-0.05, 0) is 62.4 Å². The van der Waals surface area contributed by atoms with Crippen molar-refractivity contribution in [2.24, 2.45) is 5.92 Å². The topological polar surface area (TPSA) is 32.3 Å². The molecule has 0 unspecified atom stereocenters. The van der Waals surface area contributed by atoms with E-state index < -0.39 is 0 Å². The lowest BCUT2D eigenvalue weighted by Crippen LogP contribution is -2.49. The molecule has 5 heteroatoms. The van der Waals surface area contributed by atoms with Crippen LogP contribution in [-0.4, -0.2) is 37.0 Å². The van der Waals surface area contributed by atoms with Crippen molar-refractivity contribution >= 4 is 34.2 Å². The van der Waals surface area contributed by atoms with E-state index in [1.165, 1.54) is 5.56 Å². The molecule has 140 valence electrons. The van der Waals surface area contributed by atoms with Crippen LogP contribution in [0.15, 0.2) is 28.7 Å². The van der Waals surface area contributed by atoms with Gasteiger partial charge >= 0.3 is 0 Å². The molecule has 0 radical (unpaired) electrons. The molecule has 25 heavy (non-hydrogen) atoms. The normalized spacial score (nSPS) is 20.3. The molecule has 3 nitrogen and oxygen atoms in total. The third-order valence-electron chi connectivity index (χ3n) is 5.83. The zero-order chi connectivity index (χ0) is 17.0. The number of piperidine rings is 1. The van der Waals surface area contributed by atoms with Crippen molar-refractivity contribution in [2.75, 3.05) is 26.2 Å². The summed E-state index contributed by atoms with van der Waals surface area (Å²) in [5.74, 6) is 1.10. The van der Waals surface area contributed by atoms with Crippen LogP contribution in [0.2, 0.25) is 0 Å². The van der Waals surface area contributed by atoms with Crippen LogP contribution in [0.4, 0.5) is 0 Å². The summed E-state index contributed by atoms with van der Waals surface area (Å²) < 4.78 is 1.07. The number of carbonyl (C=O) groups excluding carboxylic acids is 1. The number of nitrogens with one attached hydrogen (secondary N) is 1. The molecule has 1 N–H and O–H groups in total. The second-order valence-electron chi connectivity index (χ2n) is 7.34. The molecule has 1 saturated carbocycles. The molecule has 1 saturated heterocycles. The van der Waals surface area contributed by atoms with Crippen molar-refractivity contribution in [3.63, 3.8) is 0 Å². The van der Waals surface area contributed by atoms with Crippen LogP contribution >= 0.6 is 28.3 Å². The molecule has 1 aliphatic heterocycles. The summed E-state index contributed by atoms with van der Waals surface area (Å²) >= 11 is 3.58. The molecule has 1 heterocycles. The lowest BCUT2D eigenvalue weighted by Gasteiger charge is -2.39. The zero-order valence-electron chi connectivity index (χ0n) is 15.1. The Hall–Kier alpha value is -0.580. The number of benzene rings is 1. The molecule has 1 aromatic rings. The average Bonchev–Trinajstić information content (AvgIpc) is 3.11. The van der Waals surface area contributed by atoms with Gasteiger partial charge in [-0.25, -0.2) is 0 Å². The zero-order valence-corrected chi connectivity index (χ0v) is 17.5. The van der Waals surface area contributed by atoms with Gasteiger partial charge in [0.25, 0.3) is 0 Å². The van der Waals surface area contributed by atoms with Crippen LogP contribution in [-0.2, 0) is 10.2 Å². The maximum Gasteiger partial charge on any atom is 0.233 e. The SMILES string of the molecule is CCNCC1CCN(C(=O)C2(c3cccc(Br)c3)CCCC2)CC1.Cl. The third kappa shape index (κ3) is 4.58. The lowest BCUT2D eigenvalue weighted by molar-refractivity contribution is -0.138. The predicted molar refractivity (Wildman–Crippen MR) is 109 cm³/mol. The van der Waals surface area contributed by atoms with E-state index in [-0.39, 0.29) is 17.8 Å².